The number of likely N-dealkylation sites (tertiary alicyclic amines) is 1. The number of nitrogens with zero attached hydrogens (tertiary/aromatic N) is 1. The Kier molecular flexibility index (Phi) is 6.77. The van der Waals surface area contributed by atoms with Gasteiger partial charge in [0.15, 0.2) is 0 Å². The molecule has 0 radical (unpaired) electrons. The van der Waals surface area contributed by atoms with Gasteiger partial charge in [-0.3, -0.25) is 14.4 Å². The zero-order valence-corrected chi connectivity index (χ0v) is 19.5. The van der Waals surface area contributed by atoms with Crippen LogP contribution in [0.15, 0.2) is 30.3 Å². The van der Waals surface area contributed by atoms with E-state index in [1.807, 2.05) is 37.3 Å². The van der Waals surface area contributed by atoms with Gasteiger partial charge in [-0.15, -0.1) is 0 Å². The number of nitrogens with one attached hydrogen (secondary N) is 2. The summed E-state index contributed by atoms with van der Waals surface area (Å²) in [6, 6.07) is 8.77. The maximum absolute atomic E-state index is 13.6. The van der Waals surface area contributed by atoms with Gasteiger partial charge in [0.05, 0.1) is 24.0 Å². The minimum absolute atomic E-state index is 0.0442. The van der Waals surface area contributed by atoms with Gasteiger partial charge in [-0.2, -0.15) is 0 Å². The van der Waals surface area contributed by atoms with E-state index >= 15 is 0 Å². The fourth-order valence-electron chi connectivity index (χ4n) is 6.05. The molecule has 1 aromatic carbocycles. The molecule has 1 spiro atoms. The normalized spacial score (nSPS) is 32.2. The number of hydrogen-bond acceptors (Lipinski definition) is 5. The van der Waals surface area contributed by atoms with E-state index in [4.69, 9.17) is 4.74 Å². The molecule has 8 nitrogen and oxygen atoms in total. The zero-order chi connectivity index (χ0) is 23.6. The fraction of sp³-hybridized carbons (Fsp3) is 0.640. The first-order valence-electron chi connectivity index (χ1n) is 12.1. The van der Waals surface area contributed by atoms with Crippen molar-refractivity contribution in [3.63, 3.8) is 0 Å². The average Bonchev–Trinajstić information content (AvgIpc) is 3.37. The molecular weight excluding hydrogens is 422 g/mol. The highest BCUT2D eigenvalue weighted by atomic mass is 16.5. The molecule has 33 heavy (non-hydrogen) atoms. The van der Waals surface area contributed by atoms with Crippen molar-refractivity contribution in [2.24, 2.45) is 11.8 Å². The third-order valence-electron chi connectivity index (χ3n) is 7.54. The number of unbranched alkanes of at least 4 members (excludes halogenated alkanes) is 2. The maximum atomic E-state index is 13.6. The second-order valence-electron chi connectivity index (χ2n) is 9.68. The molecular formula is C25H35N3O5. The second-order valence-corrected chi connectivity index (χ2v) is 9.68. The number of fused-ring (bicyclic) bond motifs is 1. The van der Waals surface area contributed by atoms with E-state index in [9.17, 15) is 19.5 Å². The van der Waals surface area contributed by atoms with Crippen molar-refractivity contribution < 1.29 is 24.2 Å². The van der Waals surface area contributed by atoms with E-state index in [1.54, 1.807) is 0 Å². The molecule has 0 saturated carbocycles. The number of hydrogen-bond donors (Lipinski definition) is 3. The summed E-state index contributed by atoms with van der Waals surface area (Å²) in [5.41, 5.74) is -0.864. The van der Waals surface area contributed by atoms with E-state index in [0.717, 1.165) is 24.8 Å². The third-order valence-corrected chi connectivity index (χ3v) is 7.54. The maximum Gasteiger partial charge on any atom is 0.245 e. The van der Waals surface area contributed by atoms with Crippen molar-refractivity contribution in [2.75, 3.05) is 19.7 Å². The monoisotopic (exact) mass is 457 g/mol. The van der Waals surface area contributed by atoms with Gasteiger partial charge >= 0.3 is 0 Å². The predicted octanol–water partition coefficient (Wildman–Crippen LogP) is 1.37. The molecule has 0 aliphatic carbocycles. The summed E-state index contributed by atoms with van der Waals surface area (Å²) in [4.78, 5) is 41.7. The van der Waals surface area contributed by atoms with Crippen LogP contribution in [0.2, 0.25) is 0 Å². The lowest BCUT2D eigenvalue weighted by Crippen LogP contribution is -2.55. The van der Waals surface area contributed by atoms with Crippen LogP contribution in [-0.2, 0) is 25.7 Å². The number of ether oxygens (including phenoxy) is 1. The quantitative estimate of drug-likeness (QED) is 0.460. The van der Waals surface area contributed by atoms with Gasteiger partial charge in [-0.05, 0) is 31.7 Å². The number of benzene rings is 1. The molecule has 2 bridgehead atoms. The van der Waals surface area contributed by atoms with Crippen molar-refractivity contribution >= 4 is 17.7 Å². The van der Waals surface area contributed by atoms with Gasteiger partial charge in [0.2, 0.25) is 17.7 Å². The summed E-state index contributed by atoms with van der Waals surface area (Å²) >= 11 is 0. The van der Waals surface area contributed by atoms with E-state index in [1.165, 1.54) is 4.90 Å². The lowest BCUT2D eigenvalue weighted by atomic mass is 9.66. The average molecular weight is 458 g/mol. The third kappa shape index (κ3) is 4.04. The van der Waals surface area contributed by atoms with Crippen LogP contribution in [-0.4, -0.2) is 64.7 Å². The van der Waals surface area contributed by atoms with Crippen molar-refractivity contribution in [1.29, 1.82) is 0 Å². The van der Waals surface area contributed by atoms with Crippen molar-refractivity contribution in [3.8, 4) is 0 Å². The highest BCUT2D eigenvalue weighted by Crippen LogP contribution is 2.63. The molecule has 5 atom stereocenters. The molecule has 3 aliphatic rings. The Morgan fingerprint density at radius 2 is 1.91 bits per heavy atom. The Morgan fingerprint density at radius 1 is 1.15 bits per heavy atom. The minimum atomic E-state index is -1.04. The largest absolute Gasteiger partial charge is 0.395 e. The minimum Gasteiger partial charge on any atom is -0.395 e. The smallest absolute Gasteiger partial charge is 0.245 e. The first kappa shape index (κ1) is 23.7. The summed E-state index contributed by atoms with van der Waals surface area (Å²) < 4.78 is 6.50. The summed E-state index contributed by atoms with van der Waals surface area (Å²) in [6.45, 7) is 4.66. The standard InChI is InChI=1S/C25H35N3O5/c1-3-4-8-13-26-22(31)20-25-12-11-24(2,33-25)18(19(25)23(32)28(20)14-15-29)21(30)27-16-17-9-6-5-7-10-17/h5-7,9-10,18-20,29H,3-4,8,11-16H2,1-2H3,(H,26,31)(H,27,30)/t18-,19-,20?,24+,25?/m0/s1. The van der Waals surface area contributed by atoms with Crippen LogP contribution in [0.3, 0.4) is 0 Å². The summed E-state index contributed by atoms with van der Waals surface area (Å²) in [5, 5.41) is 15.6. The van der Waals surface area contributed by atoms with Crippen LogP contribution in [0.1, 0.15) is 51.5 Å². The number of carbonyl (C=O) groups is 3. The van der Waals surface area contributed by atoms with E-state index < -0.39 is 29.1 Å². The molecule has 3 saturated heterocycles. The molecule has 3 N–H and O–H groups in total. The second kappa shape index (κ2) is 9.43. The molecule has 3 aliphatic heterocycles. The molecule has 180 valence electrons. The van der Waals surface area contributed by atoms with Crippen LogP contribution in [0, 0.1) is 11.8 Å². The number of β-amino-alcohol motifs (C(OH)–C–C–N with tert-alkyl or cyclic N) is 1. The first-order chi connectivity index (χ1) is 15.9. The summed E-state index contributed by atoms with van der Waals surface area (Å²) in [6.07, 6.45) is 4.06. The fourth-order valence-corrected chi connectivity index (χ4v) is 6.05. The predicted molar refractivity (Wildman–Crippen MR) is 122 cm³/mol. The van der Waals surface area contributed by atoms with E-state index in [-0.39, 0.29) is 30.9 Å². The van der Waals surface area contributed by atoms with Gasteiger partial charge in [0, 0.05) is 19.6 Å². The van der Waals surface area contributed by atoms with Gasteiger partial charge < -0.3 is 25.4 Å². The summed E-state index contributed by atoms with van der Waals surface area (Å²) in [7, 11) is 0. The number of aliphatic hydroxyl groups is 1. The molecule has 3 amide bonds. The van der Waals surface area contributed by atoms with Crippen molar-refractivity contribution in [1.82, 2.24) is 15.5 Å². The van der Waals surface area contributed by atoms with Crippen LogP contribution in [0.4, 0.5) is 0 Å². The van der Waals surface area contributed by atoms with E-state index in [0.29, 0.717) is 25.9 Å². The van der Waals surface area contributed by atoms with E-state index in [2.05, 4.69) is 17.6 Å². The van der Waals surface area contributed by atoms with Crippen LogP contribution < -0.4 is 10.6 Å². The van der Waals surface area contributed by atoms with Gasteiger partial charge in [0.1, 0.15) is 11.6 Å². The molecule has 8 heteroatoms. The first-order valence-corrected chi connectivity index (χ1v) is 12.1. The zero-order valence-electron chi connectivity index (χ0n) is 19.5. The highest BCUT2D eigenvalue weighted by molar-refractivity contribution is 5.99. The highest BCUT2D eigenvalue weighted by Gasteiger charge is 2.77. The lowest BCUT2D eigenvalue weighted by Gasteiger charge is -2.33. The molecule has 2 unspecified atom stereocenters. The molecule has 4 rings (SSSR count). The Balaban J connectivity index is 1.57. The molecule has 3 heterocycles. The lowest BCUT2D eigenvalue weighted by molar-refractivity contribution is -0.146. The number of amides is 3. The van der Waals surface area contributed by atoms with Crippen LogP contribution in [0.25, 0.3) is 0 Å². The van der Waals surface area contributed by atoms with Crippen LogP contribution >= 0.6 is 0 Å². The number of rotatable bonds is 10. The molecule has 1 aromatic rings. The number of aliphatic hydroxyl groups excluding tert-OH is 1. The molecule has 0 aromatic heterocycles. The van der Waals surface area contributed by atoms with Crippen molar-refractivity contribution in [2.45, 2.75) is 69.7 Å². The topological polar surface area (TPSA) is 108 Å². The number of carbonyl (C=O) groups excluding carboxylic acids is 3. The Hall–Kier alpha value is -2.45. The Morgan fingerprint density at radius 3 is 2.61 bits per heavy atom. The Labute approximate surface area is 195 Å². The van der Waals surface area contributed by atoms with Gasteiger partial charge in [-0.1, -0.05) is 50.1 Å². The van der Waals surface area contributed by atoms with Crippen LogP contribution in [0.5, 0.6) is 0 Å². The van der Waals surface area contributed by atoms with Gasteiger partial charge in [0.25, 0.3) is 0 Å². The Bertz CT molecular complexity index is 893. The van der Waals surface area contributed by atoms with Gasteiger partial charge in [-0.25, -0.2) is 0 Å². The summed E-state index contributed by atoms with van der Waals surface area (Å²) in [5.74, 6) is -2.17. The van der Waals surface area contributed by atoms with Crippen molar-refractivity contribution in [3.05, 3.63) is 35.9 Å². The molecule has 3 fully saturated rings. The SMILES string of the molecule is CCCCCNC(=O)C1N(CCO)C(=O)[C@@H]2[C@@H](C(=O)NCc3ccccc3)[C@@]3(C)CCC12O3.